The van der Waals surface area contributed by atoms with Gasteiger partial charge in [-0.2, -0.15) is 0 Å². The Morgan fingerprint density at radius 2 is 1.07 bits per heavy atom. The summed E-state index contributed by atoms with van der Waals surface area (Å²) in [5, 5.41) is 0. The van der Waals surface area contributed by atoms with E-state index >= 15 is 0 Å². The molecule has 7 aromatic rings. The minimum atomic E-state index is -0.360. The lowest BCUT2D eigenvalue weighted by atomic mass is 9.33. The zero-order valence-corrected chi connectivity index (χ0v) is 45.4. The lowest BCUT2D eigenvalue weighted by molar-refractivity contribution is 0.195. The summed E-state index contributed by atoms with van der Waals surface area (Å²) in [7, 11) is 0. The van der Waals surface area contributed by atoms with E-state index in [-0.39, 0.29) is 44.9 Å². The van der Waals surface area contributed by atoms with Gasteiger partial charge in [-0.1, -0.05) is 192 Å². The number of aryl methyl sites for hydroxylation is 1. The molecule has 13 rings (SSSR count). The molecule has 4 atom stereocenters. The van der Waals surface area contributed by atoms with E-state index in [4.69, 9.17) is 0 Å². The maximum atomic E-state index is 2.93. The first-order valence-electron chi connectivity index (χ1n) is 27.4. The number of para-hydroxylation sites is 1. The predicted octanol–water partition coefficient (Wildman–Crippen LogP) is 15.9. The molecule has 1 fully saturated rings. The highest BCUT2D eigenvalue weighted by Crippen LogP contribution is 2.67. The third-order valence-corrected chi connectivity index (χ3v) is 19.9. The van der Waals surface area contributed by atoms with Gasteiger partial charge in [-0.05, 0) is 153 Å². The lowest BCUT2D eigenvalue weighted by Gasteiger charge is -2.54. The van der Waals surface area contributed by atoms with Crippen LogP contribution in [0.4, 0.5) is 39.8 Å². The number of nitrogens with zero attached hydrogens (tertiary/aromatic N) is 3. The maximum Gasteiger partial charge on any atom is 0.252 e. The molecule has 4 unspecified atom stereocenters. The summed E-state index contributed by atoms with van der Waals surface area (Å²) in [5.74, 6) is 0. The summed E-state index contributed by atoms with van der Waals surface area (Å²) in [5.41, 5.74) is 25.5. The molecule has 0 amide bonds. The Morgan fingerprint density at radius 3 is 1.79 bits per heavy atom. The number of benzene rings is 7. The van der Waals surface area contributed by atoms with E-state index in [0.717, 1.165) is 19.3 Å². The standard InChI is InChI=1S/C68H74BN3/c1-62(2,3)45-29-31-55(49(37-45)43-23-15-14-16-24-43)70-57-32-30-46(63(4,5)6)39-53(57)69-54-40-47(64(7,8)9)38-52-61(54)72(68(13)50-26-18-17-25-44(50)33-36-66(52,68)11)59-42-48(41-58(70)60(59)69)71-56-28-20-19-27-51(56)65(10)34-21-22-35-67(65,71)12/h14-20,23-32,37-42H,21-22,33-36H2,1-13H3. The number of fused-ring (bicyclic) bond motifs is 12. The maximum absolute atomic E-state index is 2.93. The van der Waals surface area contributed by atoms with Crippen LogP contribution < -0.4 is 31.1 Å². The molecule has 364 valence electrons. The fourth-order valence-corrected chi connectivity index (χ4v) is 15.3. The van der Waals surface area contributed by atoms with Crippen LogP contribution in [0.3, 0.4) is 0 Å². The van der Waals surface area contributed by atoms with Crippen molar-refractivity contribution in [2.45, 2.75) is 167 Å². The van der Waals surface area contributed by atoms with Crippen molar-refractivity contribution in [2.75, 3.05) is 14.7 Å². The summed E-state index contributed by atoms with van der Waals surface area (Å²) in [6, 6.07) is 55.8. The van der Waals surface area contributed by atoms with E-state index in [1.54, 1.807) is 0 Å². The second-order valence-corrected chi connectivity index (χ2v) is 26.8. The van der Waals surface area contributed by atoms with Gasteiger partial charge in [0.25, 0.3) is 6.71 Å². The van der Waals surface area contributed by atoms with Gasteiger partial charge in [0.05, 0.1) is 16.8 Å². The van der Waals surface area contributed by atoms with E-state index in [1.165, 1.54) is 126 Å². The fraction of sp³-hybridized carbons (Fsp3) is 0.382. The van der Waals surface area contributed by atoms with Gasteiger partial charge < -0.3 is 14.7 Å². The largest absolute Gasteiger partial charge is 0.334 e. The molecule has 0 spiro atoms. The molecule has 0 bridgehead atoms. The van der Waals surface area contributed by atoms with Crippen molar-refractivity contribution in [3.8, 4) is 11.1 Å². The predicted molar refractivity (Wildman–Crippen MR) is 308 cm³/mol. The Balaban J connectivity index is 1.21. The molecule has 0 radical (unpaired) electrons. The topological polar surface area (TPSA) is 9.72 Å². The van der Waals surface area contributed by atoms with Crippen molar-refractivity contribution in [1.82, 2.24) is 0 Å². The molecule has 3 nitrogen and oxygen atoms in total. The minimum absolute atomic E-state index is 0.0139. The first-order chi connectivity index (χ1) is 34.1. The summed E-state index contributed by atoms with van der Waals surface area (Å²) in [4.78, 5) is 8.50. The molecule has 0 N–H and O–H groups in total. The number of rotatable bonds is 3. The smallest absolute Gasteiger partial charge is 0.252 e. The SMILES string of the molecule is CC(C)(C)c1ccc2c(c1)B1c3cc(C(C)(C)C)cc4c3N(c3cc(N5c6ccccc6C6(C)CCCCC56C)cc(c31)N2c1ccc(C(C)(C)C)cc1-c1ccccc1)C1(C)c2ccccc2CCC41C. The quantitative estimate of drug-likeness (QED) is 0.163. The number of hydrogen-bond acceptors (Lipinski definition) is 3. The lowest BCUT2D eigenvalue weighted by Crippen LogP contribution is -2.64. The first kappa shape index (κ1) is 45.8. The Labute approximate surface area is 431 Å². The zero-order chi connectivity index (χ0) is 50.3. The second-order valence-electron chi connectivity index (χ2n) is 26.8. The van der Waals surface area contributed by atoms with Crippen LogP contribution in [0.15, 0.2) is 140 Å². The van der Waals surface area contributed by atoms with Gasteiger partial charge in [-0.3, -0.25) is 0 Å². The molecular weight excluding hydrogens is 870 g/mol. The molecule has 72 heavy (non-hydrogen) atoms. The number of anilines is 7. The zero-order valence-electron chi connectivity index (χ0n) is 45.4. The van der Waals surface area contributed by atoms with Gasteiger partial charge >= 0.3 is 0 Å². The van der Waals surface area contributed by atoms with Crippen molar-refractivity contribution in [2.24, 2.45) is 0 Å². The van der Waals surface area contributed by atoms with Crippen LogP contribution in [0.25, 0.3) is 11.1 Å². The molecular formula is C68H74BN3. The molecule has 4 heteroatoms. The van der Waals surface area contributed by atoms with Crippen LogP contribution in [-0.4, -0.2) is 12.3 Å². The van der Waals surface area contributed by atoms with E-state index < -0.39 is 0 Å². The van der Waals surface area contributed by atoms with Crippen molar-refractivity contribution >= 4 is 62.9 Å². The minimum Gasteiger partial charge on any atom is -0.334 e. The average Bonchev–Trinajstić information content (AvgIpc) is 3.70. The van der Waals surface area contributed by atoms with E-state index in [0.29, 0.717) is 0 Å². The average molecular weight is 944 g/mol. The van der Waals surface area contributed by atoms with Gasteiger partial charge in [0.2, 0.25) is 0 Å². The monoisotopic (exact) mass is 944 g/mol. The molecule has 4 aliphatic heterocycles. The van der Waals surface area contributed by atoms with Gasteiger partial charge in [-0.15, -0.1) is 0 Å². The van der Waals surface area contributed by atoms with E-state index in [2.05, 4.69) is 244 Å². The highest BCUT2D eigenvalue weighted by atomic mass is 15.3. The van der Waals surface area contributed by atoms with Crippen LogP contribution in [0.1, 0.15) is 161 Å². The van der Waals surface area contributed by atoms with Crippen LogP contribution in [-0.2, 0) is 39.0 Å². The molecule has 2 aliphatic carbocycles. The highest BCUT2D eigenvalue weighted by molar-refractivity contribution is 7.00. The first-order valence-corrected chi connectivity index (χ1v) is 27.4. The molecule has 0 saturated heterocycles. The summed E-state index contributed by atoms with van der Waals surface area (Å²) in [6.45, 7) is 32.0. The van der Waals surface area contributed by atoms with Gasteiger partial charge in [0.1, 0.15) is 0 Å². The van der Waals surface area contributed by atoms with E-state index in [1.807, 2.05) is 0 Å². The van der Waals surface area contributed by atoms with Gasteiger partial charge in [-0.25, -0.2) is 0 Å². The summed E-state index contributed by atoms with van der Waals surface area (Å²) < 4.78 is 0. The van der Waals surface area contributed by atoms with Crippen LogP contribution >= 0.6 is 0 Å². The molecule has 1 saturated carbocycles. The van der Waals surface area contributed by atoms with Crippen molar-refractivity contribution in [3.05, 3.63) is 178 Å². The summed E-state index contributed by atoms with van der Waals surface area (Å²) in [6.07, 6.45) is 7.01. The van der Waals surface area contributed by atoms with E-state index in [9.17, 15) is 0 Å². The van der Waals surface area contributed by atoms with Crippen LogP contribution in [0.5, 0.6) is 0 Å². The molecule has 7 aromatic carbocycles. The third-order valence-electron chi connectivity index (χ3n) is 19.9. The van der Waals surface area contributed by atoms with Gasteiger partial charge in [0.15, 0.2) is 0 Å². The van der Waals surface area contributed by atoms with Crippen molar-refractivity contribution < 1.29 is 0 Å². The second kappa shape index (κ2) is 14.8. The highest BCUT2D eigenvalue weighted by Gasteiger charge is 2.64. The molecule has 4 heterocycles. The number of hydrogen-bond donors (Lipinski definition) is 0. The Bertz CT molecular complexity index is 3420. The fourth-order valence-electron chi connectivity index (χ4n) is 15.3. The van der Waals surface area contributed by atoms with Crippen LogP contribution in [0, 0.1) is 0 Å². The van der Waals surface area contributed by atoms with Crippen LogP contribution in [0.2, 0.25) is 0 Å². The Kier molecular flexibility index (Phi) is 9.44. The normalized spacial score (nSPS) is 24.5. The van der Waals surface area contributed by atoms with Crippen molar-refractivity contribution in [1.29, 1.82) is 0 Å². The Morgan fingerprint density at radius 1 is 0.458 bits per heavy atom. The summed E-state index contributed by atoms with van der Waals surface area (Å²) >= 11 is 0. The molecule has 0 aromatic heterocycles. The molecule has 6 aliphatic rings. The third kappa shape index (κ3) is 5.93. The van der Waals surface area contributed by atoms with Gasteiger partial charge in [0, 0.05) is 50.5 Å². The van der Waals surface area contributed by atoms with Crippen molar-refractivity contribution in [3.63, 3.8) is 0 Å². The Hall–Kier alpha value is -6.00.